The van der Waals surface area contributed by atoms with E-state index < -0.39 is 23.3 Å². The van der Waals surface area contributed by atoms with Gasteiger partial charge in [-0.1, -0.05) is 36.4 Å². The number of hydrogen-bond acceptors (Lipinski definition) is 7. The van der Waals surface area contributed by atoms with E-state index in [9.17, 15) is 19.5 Å². The van der Waals surface area contributed by atoms with E-state index >= 15 is 0 Å². The molecule has 0 fully saturated rings. The van der Waals surface area contributed by atoms with Gasteiger partial charge in [-0.15, -0.1) is 0 Å². The molecule has 10 nitrogen and oxygen atoms in total. The monoisotopic (exact) mass is 492 g/mol. The number of aliphatic hydroxyl groups excluding tert-OH is 1. The van der Waals surface area contributed by atoms with Crippen LogP contribution in [0.3, 0.4) is 0 Å². The van der Waals surface area contributed by atoms with E-state index in [1.165, 1.54) is 22.8 Å². The number of carbonyl (C=O) groups is 3. The van der Waals surface area contributed by atoms with Crippen LogP contribution >= 0.6 is 0 Å². The zero-order chi connectivity index (χ0) is 25.9. The molecule has 4 rings (SSSR count). The molecule has 0 saturated carbocycles. The quantitative estimate of drug-likeness (QED) is 0.570. The Kier molecular flexibility index (Phi) is 6.96. The molecule has 0 radical (unpaired) electrons. The predicted octanol–water partition coefficient (Wildman–Crippen LogP) is 2.85. The van der Waals surface area contributed by atoms with Crippen LogP contribution in [0.25, 0.3) is 0 Å². The fourth-order valence-corrected chi connectivity index (χ4v) is 4.24. The van der Waals surface area contributed by atoms with Crippen LogP contribution in [0.4, 0.5) is 0 Å². The van der Waals surface area contributed by atoms with Crippen molar-refractivity contribution in [2.45, 2.75) is 38.9 Å². The number of rotatable bonds is 7. The topological polar surface area (TPSA) is 123 Å². The van der Waals surface area contributed by atoms with Gasteiger partial charge in [0.2, 0.25) is 5.91 Å². The van der Waals surface area contributed by atoms with Crippen LogP contribution in [-0.4, -0.2) is 56.8 Å². The molecule has 2 aliphatic rings. The summed E-state index contributed by atoms with van der Waals surface area (Å²) < 4.78 is 11.6. The van der Waals surface area contributed by atoms with Gasteiger partial charge in [0, 0.05) is 24.7 Å². The van der Waals surface area contributed by atoms with Crippen molar-refractivity contribution in [2.24, 2.45) is 0 Å². The summed E-state index contributed by atoms with van der Waals surface area (Å²) in [5.41, 5.74) is 0.0378. The molecular weight excluding hydrogens is 464 g/mol. The second kappa shape index (κ2) is 10.1. The number of esters is 1. The number of methoxy groups -OCH3 is 1. The van der Waals surface area contributed by atoms with Gasteiger partial charge in [-0.25, -0.2) is 4.79 Å². The average molecular weight is 493 g/mol. The minimum atomic E-state index is -1.40. The van der Waals surface area contributed by atoms with Gasteiger partial charge in [-0.2, -0.15) is 5.10 Å². The van der Waals surface area contributed by atoms with Gasteiger partial charge in [0.1, 0.15) is 17.0 Å². The number of nitrogens with zero attached hydrogens (tertiary/aromatic N) is 3. The molecule has 1 atom stereocenters. The van der Waals surface area contributed by atoms with Gasteiger partial charge in [-0.3, -0.25) is 19.2 Å². The Morgan fingerprint density at radius 1 is 1.22 bits per heavy atom. The normalized spacial score (nSPS) is 19.4. The summed E-state index contributed by atoms with van der Waals surface area (Å²) in [6, 6.07) is 10.8. The van der Waals surface area contributed by atoms with Crippen LogP contribution in [0.1, 0.15) is 46.8 Å². The van der Waals surface area contributed by atoms with E-state index in [-0.39, 0.29) is 49.0 Å². The van der Waals surface area contributed by atoms with E-state index in [4.69, 9.17) is 9.47 Å². The maximum absolute atomic E-state index is 13.8. The van der Waals surface area contributed by atoms with Crippen LogP contribution in [-0.2, 0) is 27.4 Å². The standard InChI is InChI=1S/C26H28N4O6/c1-4-36-24(33)19-14-20-23(32)30(18-10-12-21(31)22(35-3)13-11-18)26(2,16-29(20)28-19)25(34)27-15-17-8-6-5-7-9-17/h5-11,13-14,31H,4,12,15-16H2,1-3H3,(H,27,34). The zero-order valence-corrected chi connectivity index (χ0v) is 20.4. The van der Waals surface area contributed by atoms with Crippen molar-refractivity contribution < 1.29 is 29.0 Å². The van der Waals surface area contributed by atoms with Gasteiger partial charge in [-0.05, 0) is 31.6 Å². The first-order valence-electron chi connectivity index (χ1n) is 11.5. The fraction of sp³-hybridized carbons (Fsp3) is 0.308. The Balaban J connectivity index is 1.73. The Bertz CT molecular complexity index is 1280. The van der Waals surface area contributed by atoms with Gasteiger partial charge in [0.15, 0.2) is 11.5 Å². The molecule has 2 N–H and O–H groups in total. The van der Waals surface area contributed by atoms with Crippen molar-refractivity contribution in [3.05, 3.63) is 88.8 Å². The Labute approximate surface area is 208 Å². The minimum Gasteiger partial charge on any atom is -0.508 e. The first-order valence-corrected chi connectivity index (χ1v) is 11.5. The van der Waals surface area contributed by atoms with E-state index in [1.807, 2.05) is 30.3 Å². The molecule has 0 bridgehead atoms. The highest BCUT2D eigenvalue weighted by molar-refractivity contribution is 6.02. The number of nitrogens with one attached hydrogen (secondary N) is 1. The lowest BCUT2D eigenvalue weighted by molar-refractivity contribution is -0.132. The van der Waals surface area contributed by atoms with E-state index in [2.05, 4.69) is 10.4 Å². The van der Waals surface area contributed by atoms with Crippen molar-refractivity contribution >= 4 is 17.8 Å². The fourth-order valence-electron chi connectivity index (χ4n) is 4.24. The smallest absolute Gasteiger partial charge is 0.358 e. The maximum Gasteiger partial charge on any atom is 0.358 e. The highest BCUT2D eigenvalue weighted by Gasteiger charge is 2.49. The molecule has 0 spiro atoms. The Morgan fingerprint density at radius 2 is 1.97 bits per heavy atom. The summed E-state index contributed by atoms with van der Waals surface area (Å²) >= 11 is 0. The summed E-state index contributed by atoms with van der Waals surface area (Å²) in [4.78, 5) is 41.1. The third-order valence-electron chi connectivity index (χ3n) is 6.10. The Hall–Kier alpha value is -4.34. The zero-order valence-electron chi connectivity index (χ0n) is 20.4. The molecule has 1 aromatic heterocycles. The first kappa shape index (κ1) is 24.8. The number of aromatic nitrogens is 2. The molecule has 1 aliphatic heterocycles. The number of carbonyl (C=O) groups excluding carboxylic acids is 3. The second-order valence-corrected chi connectivity index (χ2v) is 8.56. The lowest BCUT2D eigenvalue weighted by Crippen LogP contribution is -2.63. The SMILES string of the molecule is CCOC(=O)c1cc2n(n1)CC(C)(C(=O)NCc1ccccc1)N(C1=CCC(O)=C(OC)C=C1)C2=O. The molecular formula is C26H28N4O6. The van der Waals surface area contributed by atoms with E-state index in [0.29, 0.717) is 5.70 Å². The van der Waals surface area contributed by atoms with E-state index in [1.54, 1.807) is 32.1 Å². The molecule has 188 valence electrons. The van der Waals surface area contributed by atoms with Crippen molar-refractivity contribution in [1.29, 1.82) is 0 Å². The van der Waals surface area contributed by atoms with Crippen LogP contribution in [0.2, 0.25) is 0 Å². The summed E-state index contributed by atoms with van der Waals surface area (Å²) in [7, 11) is 1.43. The van der Waals surface area contributed by atoms with Crippen molar-refractivity contribution in [2.75, 3.05) is 13.7 Å². The number of amides is 2. The molecule has 0 saturated heterocycles. The number of benzene rings is 1. The van der Waals surface area contributed by atoms with Crippen LogP contribution in [0, 0.1) is 0 Å². The third kappa shape index (κ3) is 4.61. The van der Waals surface area contributed by atoms with Crippen molar-refractivity contribution in [3.63, 3.8) is 0 Å². The number of aliphatic hydroxyl groups is 1. The first-order chi connectivity index (χ1) is 17.3. The summed E-state index contributed by atoms with van der Waals surface area (Å²) in [5.74, 6) is -1.31. The number of allylic oxidation sites excluding steroid dienone is 3. The highest BCUT2D eigenvalue weighted by Crippen LogP contribution is 2.33. The summed E-state index contributed by atoms with van der Waals surface area (Å²) in [6.45, 7) is 3.75. The number of hydrogen-bond donors (Lipinski definition) is 2. The molecule has 1 unspecified atom stereocenters. The molecule has 1 aliphatic carbocycles. The molecule has 10 heteroatoms. The second-order valence-electron chi connectivity index (χ2n) is 8.56. The maximum atomic E-state index is 13.8. The van der Waals surface area contributed by atoms with Crippen LogP contribution < -0.4 is 5.32 Å². The van der Waals surface area contributed by atoms with Crippen molar-refractivity contribution in [1.82, 2.24) is 20.0 Å². The molecule has 1 aromatic carbocycles. The average Bonchev–Trinajstić information content (AvgIpc) is 3.21. The summed E-state index contributed by atoms with van der Waals surface area (Å²) in [5, 5.41) is 17.4. The van der Waals surface area contributed by atoms with Gasteiger partial charge in [0.05, 0.1) is 20.3 Å². The minimum absolute atomic E-state index is 0.00178. The van der Waals surface area contributed by atoms with Crippen LogP contribution in [0.5, 0.6) is 0 Å². The molecule has 2 aromatic rings. The summed E-state index contributed by atoms with van der Waals surface area (Å²) in [6.07, 6.45) is 4.90. The van der Waals surface area contributed by atoms with Crippen molar-refractivity contribution in [3.8, 4) is 0 Å². The number of ether oxygens (including phenoxy) is 2. The van der Waals surface area contributed by atoms with Gasteiger partial charge < -0.3 is 19.9 Å². The lowest BCUT2D eigenvalue weighted by atomic mass is 9.93. The largest absolute Gasteiger partial charge is 0.508 e. The van der Waals surface area contributed by atoms with Gasteiger partial charge >= 0.3 is 5.97 Å². The highest BCUT2D eigenvalue weighted by atomic mass is 16.5. The number of fused-ring (bicyclic) bond motifs is 1. The molecule has 2 amide bonds. The predicted molar refractivity (Wildman–Crippen MR) is 130 cm³/mol. The van der Waals surface area contributed by atoms with Gasteiger partial charge in [0.25, 0.3) is 5.91 Å². The molecule has 36 heavy (non-hydrogen) atoms. The lowest BCUT2D eigenvalue weighted by Gasteiger charge is -2.43. The molecule has 2 heterocycles. The van der Waals surface area contributed by atoms with Crippen LogP contribution in [0.15, 0.2) is 71.8 Å². The third-order valence-corrected chi connectivity index (χ3v) is 6.10. The Morgan fingerprint density at radius 3 is 2.67 bits per heavy atom. The van der Waals surface area contributed by atoms with E-state index in [0.717, 1.165) is 5.56 Å².